The van der Waals surface area contributed by atoms with Crippen LogP contribution in [0.1, 0.15) is 38.9 Å². The van der Waals surface area contributed by atoms with Gasteiger partial charge >= 0.3 is 0 Å². The van der Waals surface area contributed by atoms with Gasteiger partial charge in [0.1, 0.15) is 0 Å². The molecule has 19 heavy (non-hydrogen) atoms. The predicted molar refractivity (Wildman–Crippen MR) is 70.9 cm³/mol. The fourth-order valence-electron chi connectivity index (χ4n) is 2.36. The molecule has 0 saturated carbocycles. The van der Waals surface area contributed by atoms with Crippen molar-refractivity contribution in [3.63, 3.8) is 0 Å². The molecule has 1 saturated heterocycles. The van der Waals surface area contributed by atoms with Crippen molar-refractivity contribution in [2.24, 2.45) is 5.92 Å². The summed E-state index contributed by atoms with van der Waals surface area (Å²) in [6, 6.07) is 4.28. The maximum absolute atomic E-state index is 13.8. The van der Waals surface area contributed by atoms with Crippen molar-refractivity contribution in [2.75, 3.05) is 13.2 Å². The molecule has 0 radical (unpaired) electrons. The van der Waals surface area contributed by atoms with Gasteiger partial charge in [-0.3, -0.25) is 0 Å². The molecule has 2 unspecified atom stereocenters. The van der Waals surface area contributed by atoms with Crippen LogP contribution < -0.4 is 5.32 Å². The van der Waals surface area contributed by atoms with Gasteiger partial charge in [0.15, 0.2) is 11.6 Å². The molecule has 4 heteroatoms. The first kappa shape index (κ1) is 14.4. The summed E-state index contributed by atoms with van der Waals surface area (Å²) in [5.74, 6) is -1.42. The van der Waals surface area contributed by atoms with Crippen LogP contribution in [0.3, 0.4) is 0 Å². The van der Waals surface area contributed by atoms with Gasteiger partial charge in [0, 0.05) is 30.2 Å². The summed E-state index contributed by atoms with van der Waals surface area (Å²) in [5, 5.41) is 3.40. The minimum absolute atomic E-state index is 0.00756. The molecule has 1 aromatic carbocycles. The summed E-state index contributed by atoms with van der Waals surface area (Å²) in [7, 11) is 0. The van der Waals surface area contributed by atoms with Crippen LogP contribution in [0.4, 0.5) is 8.78 Å². The molecule has 0 aromatic heterocycles. The number of benzene rings is 1. The molecule has 1 aliphatic heterocycles. The fraction of sp³-hybridized carbons (Fsp3) is 0.600. The molecule has 1 aromatic rings. The molecule has 2 nitrogen and oxygen atoms in total. The highest BCUT2D eigenvalue weighted by Crippen LogP contribution is 2.36. The zero-order valence-corrected chi connectivity index (χ0v) is 11.7. The van der Waals surface area contributed by atoms with Gasteiger partial charge in [-0.2, -0.15) is 0 Å². The molecule has 1 fully saturated rings. The molecule has 1 N–H and O–H groups in total. The lowest BCUT2D eigenvalue weighted by molar-refractivity contribution is 0.0853. The van der Waals surface area contributed by atoms with E-state index in [-0.39, 0.29) is 17.6 Å². The van der Waals surface area contributed by atoms with Gasteiger partial charge in [-0.15, -0.1) is 0 Å². The van der Waals surface area contributed by atoms with Crippen LogP contribution >= 0.6 is 0 Å². The molecule has 1 aliphatic rings. The molecule has 2 rings (SSSR count). The number of halogens is 2. The van der Waals surface area contributed by atoms with Crippen molar-refractivity contribution in [1.82, 2.24) is 5.32 Å². The number of hydrogen-bond donors (Lipinski definition) is 1. The van der Waals surface area contributed by atoms with Crippen LogP contribution in [0, 0.1) is 17.6 Å². The minimum Gasteiger partial charge on any atom is -0.373 e. The van der Waals surface area contributed by atoms with E-state index in [2.05, 4.69) is 26.1 Å². The van der Waals surface area contributed by atoms with Gasteiger partial charge in [0.2, 0.25) is 0 Å². The van der Waals surface area contributed by atoms with Gasteiger partial charge in [-0.25, -0.2) is 8.78 Å². The van der Waals surface area contributed by atoms with E-state index in [1.165, 1.54) is 6.07 Å². The predicted octanol–water partition coefficient (Wildman–Crippen LogP) is 3.43. The summed E-state index contributed by atoms with van der Waals surface area (Å²) in [4.78, 5) is 0. The Morgan fingerprint density at radius 1 is 1.32 bits per heavy atom. The number of nitrogens with one attached hydrogen (secondary N) is 1. The Bertz CT molecular complexity index is 442. The summed E-state index contributed by atoms with van der Waals surface area (Å²) in [6.45, 7) is 7.59. The molecule has 0 amide bonds. The Hall–Kier alpha value is -1.00. The first-order valence-corrected chi connectivity index (χ1v) is 6.69. The van der Waals surface area contributed by atoms with E-state index in [4.69, 9.17) is 4.74 Å². The Balaban J connectivity index is 2.12. The van der Waals surface area contributed by atoms with Crippen LogP contribution in [-0.4, -0.2) is 18.7 Å². The molecule has 0 bridgehead atoms. The first-order chi connectivity index (χ1) is 8.88. The van der Waals surface area contributed by atoms with Crippen molar-refractivity contribution in [1.29, 1.82) is 0 Å². The SMILES string of the molecule is CC(C)(C)NCC1CCOC1c1cccc(F)c1F. The topological polar surface area (TPSA) is 21.3 Å². The van der Waals surface area contributed by atoms with Crippen LogP contribution in [0.5, 0.6) is 0 Å². The second-order valence-electron chi connectivity index (χ2n) is 6.11. The average molecular weight is 269 g/mol. The molecular formula is C15H21F2NO. The highest BCUT2D eigenvalue weighted by Gasteiger charge is 2.32. The average Bonchev–Trinajstić information content (AvgIpc) is 2.77. The standard InChI is InChI=1S/C15H21F2NO/c1-15(2,3)18-9-10-7-8-19-14(10)11-5-4-6-12(16)13(11)17/h4-6,10,14,18H,7-9H2,1-3H3. The number of hydrogen-bond acceptors (Lipinski definition) is 2. The van der Waals surface area contributed by atoms with E-state index in [0.29, 0.717) is 12.2 Å². The second-order valence-corrected chi connectivity index (χ2v) is 6.11. The first-order valence-electron chi connectivity index (χ1n) is 6.69. The van der Waals surface area contributed by atoms with E-state index >= 15 is 0 Å². The summed E-state index contributed by atoms with van der Waals surface area (Å²) in [6.07, 6.45) is 0.509. The van der Waals surface area contributed by atoms with Crippen LogP contribution in [0.25, 0.3) is 0 Å². The molecule has 0 spiro atoms. The fourth-order valence-corrected chi connectivity index (χ4v) is 2.36. The lowest BCUT2D eigenvalue weighted by Crippen LogP contribution is -2.39. The molecule has 1 heterocycles. The van der Waals surface area contributed by atoms with Crippen molar-refractivity contribution in [3.8, 4) is 0 Å². The van der Waals surface area contributed by atoms with Crippen molar-refractivity contribution < 1.29 is 13.5 Å². The third-order valence-corrected chi connectivity index (χ3v) is 3.40. The summed E-state index contributed by atoms with van der Waals surface area (Å²) in [5.41, 5.74) is 0.339. The maximum atomic E-state index is 13.8. The summed E-state index contributed by atoms with van der Waals surface area (Å²) < 4.78 is 32.7. The van der Waals surface area contributed by atoms with Gasteiger partial charge in [-0.1, -0.05) is 12.1 Å². The zero-order chi connectivity index (χ0) is 14.0. The van der Waals surface area contributed by atoms with Crippen LogP contribution in [0.15, 0.2) is 18.2 Å². The monoisotopic (exact) mass is 269 g/mol. The van der Waals surface area contributed by atoms with E-state index in [1.807, 2.05) is 0 Å². The maximum Gasteiger partial charge on any atom is 0.164 e. The van der Waals surface area contributed by atoms with Gasteiger partial charge < -0.3 is 10.1 Å². The summed E-state index contributed by atoms with van der Waals surface area (Å²) >= 11 is 0. The third kappa shape index (κ3) is 3.51. The Kier molecular flexibility index (Phi) is 4.21. The second kappa shape index (κ2) is 5.55. The van der Waals surface area contributed by atoms with Crippen LogP contribution in [0.2, 0.25) is 0 Å². The van der Waals surface area contributed by atoms with Gasteiger partial charge in [0.25, 0.3) is 0 Å². The Labute approximate surface area is 113 Å². The van der Waals surface area contributed by atoms with E-state index < -0.39 is 11.6 Å². The van der Waals surface area contributed by atoms with E-state index in [1.54, 1.807) is 6.07 Å². The van der Waals surface area contributed by atoms with Gasteiger partial charge in [-0.05, 0) is 33.3 Å². The lowest BCUT2D eigenvalue weighted by Gasteiger charge is -2.26. The van der Waals surface area contributed by atoms with Crippen LogP contribution in [-0.2, 0) is 4.74 Å². The highest BCUT2D eigenvalue weighted by molar-refractivity contribution is 5.23. The quantitative estimate of drug-likeness (QED) is 0.907. The Morgan fingerprint density at radius 3 is 2.74 bits per heavy atom. The largest absolute Gasteiger partial charge is 0.373 e. The highest BCUT2D eigenvalue weighted by atomic mass is 19.2. The molecule has 106 valence electrons. The minimum atomic E-state index is -0.810. The van der Waals surface area contributed by atoms with Crippen molar-refractivity contribution in [3.05, 3.63) is 35.4 Å². The van der Waals surface area contributed by atoms with E-state index in [9.17, 15) is 8.78 Å². The lowest BCUT2D eigenvalue weighted by atomic mass is 9.94. The Morgan fingerprint density at radius 2 is 2.05 bits per heavy atom. The zero-order valence-electron chi connectivity index (χ0n) is 11.7. The van der Waals surface area contributed by atoms with Crippen molar-refractivity contribution >= 4 is 0 Å². The number of ether oxygens (including phenoxy) is 1. The smallest absolute Gasteiger partial charge is 0.164 e. The van der Waals surface area contributed by atoms with E-state index in [0.717, 1.165) is 19.0 Å². The van der Waals surface area contributed by atoms with Crippen molar-refractivity contribution in [2.45, 2.75) is 38.8 Å². The molecule has 0 aliphatic carbocycles. The number of rotatable bonds is 3. The third-order valence-electron chi connectivity index (χ3n) is 3.40. The van der Waals surface area contributed by atoms with Gasteiger partial charge in [0.05, 0.1) is 6.10 Å². The molecular weight excluding hydrogens is 248 g/mol. The molecule has 2 atom stereocenters. The normalized spacial score (nSPS) is 23.8.